The molecule has 36 heavy (non-hydrogen) atoms. The molecule has 5 rings (SSSR count). The highest BCUT2D eigenvalue weighted by atomic mass is 35.5. The van der Waals surface area contributed by atoms with Crippen molar-refractivity contribution in [2.45, 2.75) is 0 Å². The number of pyridine rings is 1. The Morgan fingerprint density at radius 3 is 2.36 bits per heavy atom. The molecule has 0 spiro atoms. The molecule has 0 saturated carbocycles. The fraction of sp³-hybridized carbons (Fsp3) is 0.0345. The standard InChI is InChI=1S/C29H21ClN2O4/c1-35-25-15-14-19(17-23(25)30)22-18-20-9-7-8-16-32(20)27(22)28(33)29(34)31-24-12-5-6-13-26(24)36-21-10-3-2-4-11-21/h2-18H,1H3,(H,31,34). The molecule has 0 aliphatic rings. The van der Waals surface area contributed by atoms with Crippen molar-refractivity contribution in [1.82, 2.24) is 4.40 Å². The number of hydrogen-bond acceptors (Lipinski definition) is 4. The highest BCUT2D eigenvalue weighted by Gasteiger charge is 2.26. The van der Waals surface area contributed by atoms with Gasteiger partial charge in [0, 0.05) is 17.3 Å². The van der Waals surface area contributed by atoms with Crippen molar-refractivity contribution in [3.63, 3.8) is 0 Å². The zero-order valence-corrected chi connectivity index (χ0v) is 20.0. The first-order chi connectivity index (χ1) is 17.5. The first-order valence-corrected chi connectivity index (χ1v) is 11.5. The average Bonchev–Trinajstić information content (AvgIpc) is 3.29. The molecule has 1 N–H and O–H groups in total. The van der Waals surface area contributed by atoms with Crippen LogP contribution in [0.5, 0.6) is 17.2 Å². The third-order valence-electron chi connectivity index (χ3n) is 5.67. The van der Waals surface area contributed by atoms with Crippen molar-refractivity contribution in [3.05, 3.63) is 114 Å². The van der Waals surface area contributed by atoms with Crippen LogP contribution in [0.25, 0.3) is 16.6 Å². The van der Waals surface area contributed by atoms with Crippen LogP contribution in [0.2, 0.25) is 5.02 Å². The molecule has 7 heteroatoms. The van der Waals surface area contributed by atoms with E-state index in [0.717, 1.165) is 5.52 Å². The second kappa shape index (κ2) is 9.98. The minimum Gasteiger partial charge on any atom is -0.495 e. The number of amides is 1. The number of para-hydroxylation sites is 3. The van der Waals surface area contributed by atoms with Crippen LogP contribution >= 0.6 is 11.6 Å². The predicted octanol–water partition coefficient (Wildman–Crippen LogP) is 6.88. The highest BCUT2D eigenvalue weighted by Crippen LogP contribution is 2.34. The van der Waals surface area contributed by atoms with Crippen molar-refractivity contribution < 1.29 is 19.1 Å². The highest BCUT2D eigenvalue weighted by molar-refractivity contribution is 6.47. The van der Waals surface area contributed by atoms with E-state index < -0.39 is 11.7 Å². The third kappa shape index (κ3) is 4.54. The molecule has 0 aliphatic heterocycles. The van der Waals surface area contributed by atoms with Gasteiger partial charge in [-0.05, 0) is 60.2 Å². The first kappa shape index (κ1) is 23.2. The zero-order chi connectivity index (χ0) is 25.1. The minimum atomic E-state index is -0.788. The molecule has 0 atom stereocenters. The Morgan fingerprint density at radius 1 is 0.833 bits per heavy atom. The largest absolute Gasteiger partial charge is 0.495 e. The Morgan fingerprint density at radius 2 is 1.58 bits per heavy atom. The quantitative estimate of drug-likeness (QED) is 0.197. The Hall–Kier alpha value is -4.55. The van der Waals surface area contributed by atoms with Crippen molar-refractivity contribution >= 4 is 34.5 Å². The lowest BCUT2D eigenvalue weighted by molar-refractivity contribution is -0.112. The second-order valence-corrected chi connectivity index (χ2v) is 8.35. The second-order valence-electron chi connectivity index (χ2n) is 7.95. The van der Waals surface area contributed by atoms with Gasteiger partial charge in [0.15, 0.2) is 5.75 Å². The number of carbonyl (C=O) groups excluding carboxylic acids is 2. The number of methoxy groups -OCH3 is 1. The number of ketones is 1. The number of aromatic nitrogens is 1. The first-order valence-electron chi connectivity index (χ1n) is 11.2. The SMILES string of the molecule is COc1ccc(-c2cc3ccccn3c2C(=O)C(=O)Nc2ccccc2Oc2ccccc2)cc1Cl. The Labute approximate surface area is 212 Å². The fourth-order valence-electron chi connectivity index (χ4n) is 3.97. The summed E-state index contributed by atoms with van der Waals surface area (Å²) in [5.41, 5.74) is 2.65. The number of benzene rings is 3. The molecule has 6 nitrogen and oxygen atoms in total. The normalized spacial score (nSPS) is 10.7. The van der Waals surface area contributed by atoms with Crippen molar-refractivity contribution in [1.29, 1.82) is 0 Å². The molecule has 1 amide bonds. The van der Waals surface area contributed by atoms with Crippen LogP contribution in [-0.2, 0) is 4.79 Å². The molecule has 0 radical (unpaired) electrons. The van der Waals surface area contributed by atoms with Crippen molar-refractivity contribution in [3.8, 4) is 28.4 Å². The molecule has 3 aromatic carbocycles. The number of hydrogen-bond donors (Lipinski definition) is 1. The molecule has 0 bridgehead atoms. The average molecular weight is 497 g/mol. The van der Waals surface area contributed by atoms with E-state index in [1.165, 1.54) is 7.11 Å². The summed E-state index contributed by atoms with van der Waals surface area (Å²) < 4.78 is 12.9. The number of nitrogens with zero attached hydrogens (tertiary/aromatic N) is 1. The van der Waals surface area contributed by atoms with Gasteiger partial charge in [-0.3, -0.25) is 9.59 Å². The number of fused-ring (bicyclic) bond motifs is 1. The van der Waals surface area contributed by atoms with E-state index in [1.807, 2.05) is 48.5 Å². The van der Waals surface area contributed by atoms with Gasteiger partial charge in [-0.1, -0.05) is 54.1 Å². The summed E-state index contributed by atoms with van der Waals surface area (Å²) in [4.78, 5) is 26.8. The fourth-order valence-corrected chi connectivity index (χ4v) is 4.23. The zero-order valence-electron chi connectivity index (χ0n) is 19.3. The van der Waals surface area contributed by atoms with E-state index in [2.05, 4.69) is 5.32 Å². The summed E-state index contributed by atoms with van der Waals surface area (Å²) in [5.74, 6) is 0.0695. The number of rotatable bonds is 7. The molecule has 5 aromatic rings. The summed E-state index contributed by atoms with van der Waals surface area (Å²) in [6.45, 7) is 0. The minimum absolute atomic E-state index is 0.228. The number of nitrogens with one attached hydrogen (secondary N) is 1. The van der Waals surface area contributed by atoms with Crippen LogP contribution in [0.1, 0.15) is 10.5 Å². The van der Waals surface area contributed by atoms with Gasteiger partial charge in [0.05, 0.1) is 17.8 Å². The van der Waals surface area contributed by atoms with E-state index >= 15 is 0 Å². The smallest absolute Gasteiger partial charge is 0.298 e. The molecular formula is C29H21ClN2O4. The summed E-state index contributed by atoms with van der Waals surface area (Å²) in [5, 5.41) is 3.12. The summed E-state index contributed by atoms with van der Waals surface area (Å²) in [6.07, 6.45) is 1.75. The monoisotopic (exact) mass is 496 g/mol. The van der Waals surface area contributed by atoms with Crippen LogP contribution in [0.15, 0.2) is 103 Å². The lowest BCUT2D eigenvalue weighted by Gasteiger charge is -2.12. The van der Waals surface area contributed by atoms with Gasteiger partial charge in [-0.15, -0.1) is 0 Å². The summed E-state index contributed by atoms with van der Waals surface area (Å²) in [6, 6.07) is 28.8. The maximum absolute atomic E-state index is 13.6. The van der Waals surface area contributed by atoms with Crippen molar-refractivity contribution in [2.24, 2.45) is 0 Å². The van der Waals surface area contributed by atoms with Gasteiger partial charge < -0.3 is 19.2 Å². The van der Waals surface area contributed by atoms with Crippen LogP contribution in [0.4, 0.5) is 5.69 Å². The van der Waals surface area contributed by atoms with E-state index in [4.69, 9.17) is 21.1 Å². The van der Waals surface area contributed by atoms with Gasteiger partial charge in [-0.2, -0.15) is 0 Å². The van der Waals surface area contributed by atoms with E-state index in [0.29, 0.717) is 39.1 Å². The Bertz CT molecular complexity index is 1580. The maximum atomic E-state index is 13.6. The number of carbonyl (C=O) groups is 2. The van der Waals surface area contributed by atoms with Gasteiger partial charge in [0.25, 0.3) is 11.7 Å². The lowest BCUT2D eigenvalue weighted by atomic mass is 10.0. The number of ether oxygens (including phenoxy) is 2. The van der Waals surface area contributed by atoms with Gasteiger partial charge in [0.1, 0.15) is 17.2 Å². The van der Waals surface area contributed by atoms with Gasteiger partial charge in [0.2, 0.25) is 0 Å². The topological polar surface area (TPSA) is 69.0 Å². The van der Waals surface area contributed by atoms with Crippen LogP contribution in [0, 0.1) is 0 Å². The lowest BCUT2D eigenvalue weighted by Crippen LogP contribution is -2.24. The third-order valence-corrected chi connectivity index (χ3v) is 5.97. The van der Waals surface area contributed by atoms with Gasteiger partial charge >= 0.3 is 0 Å². The summed E-state index contributed by atoms with van der Waals surface area (Å²) >= 11 is 6.35. The molecular weight excluding hydrogens is 476 g/mol. The van der Waals surface area contributed by atoms with E-state index in [-0.39, 0.29) is 5.69 Å². The molecule has 2 heterocycles. The predicted molar refractivity (Wildman–Crippen MR) is 140 cm³/mol. The van der Waals surface area contributed by atoms with Crippen LogP contribution in [0.3, 0.4) is 0 Å². The molecule has 2 aromatic heterocycles. The Kier molecular flexibility index (Phi) is 6.43. The molecule has 0 saturated heterocycles. The Balaban J connectivity index is 1.50. The van der Waals surface area contributed by atoms with Gasteiger partial charge in [-0.25, -0.2) is 0 Å². The number of anilines is 1. The summed E-state index contributed by atoms with van der Waals surface area (Å²) in [7, 11) is 1.53. The molecule has 0 aliphatic carbocycles. The van der Waals surface area contributed by atoms with E-state index in [9.17, 15) is 9.59 Å². The van der Waals surface area contributed by atoms with E-state index in [1.54, 1.807) is 59.1 Å². The number of halogens is 1. The van der Waals surface area contributed by atoms with Crippen molar-refractivity contribution in [2.75, 3.05) is 12.4 Å². The molecule has 178 valence electrons. The number of Topliss-reactive ketones (excluding diaryl/α,β-unsaturated/α-hetero) is 1. The molecule has 0 unspecified atom stereocenters. The molecule has 0 fully saturated rings. The maximum Gasteiger partial charge on any atom is 0.298 e. The van der Waals surface area contributed by atoms with Crippen LogP contribution in [-0.4, -0.2) is 23.2 Å². The van der Waals surface area contributed by atoms with Crippen LogP contribution < -0.4 is 14.8 Å².